The number of halogens is 1. The zero-order chi connectivity index (χ0) is 13.1. The Morgan fingerprint density at radius 2 is 1.72 bits per heavy atom. The normalized spacial score (nSPS) is 14.4. The molecule has 1 nitrogen and oxygen atoms in total. The van der Waals surface area contributed by atoms with Crippen molar-refractivity contribution in [3.05, 3.63) is 56.7 Å². The lowest BCUT2D eigenvalue weighted by molar-refractivity contribution is 0.224. The van der Waals surface area contributed by atoms with Crippen molar-refractivity contribution in [1.29, 1.82) is 0 Å². The molecular weight excluding hydrogens is 264 g/mol. The third-order valence-corrected chi connectivity index (χ3v) is 4.58. The third-order valence-electron chi connectivity index (χ3n) is 3.30. The molecule has 1 heterocycles. The van der Waals surface area contributed by atoms with Gasteiger partial charge >= 0.3 is 0 Å². The van der Waals surface area contributed by atoms with Crippen molar-refractivity contribution >= 4 is 22.9 Å². The first-order chi connectivity index (χ1) is 8.61. The Labute approximate surface area is 117 Å². The predicted molar refractivity (Wildman–Crippen MR) is 78.5 cm³/mol. The molecule has 0 aliphatic rings. The number of thiophene rings is 1. The molecule has 1 N–H and O–H groups in total. The summed E-state index contributed by atoms with van der Waals surface area (Å²) < 4.78 is 0.709. The Morgan fingerprint density at radius 3 is 2.22 bits per heavy atom. The average Bonchev–Trinajstić information content (AvgIpc) is 2.84. The van der Waals surface area contributed by atoms with Gasteiger partial charge in [0, 0.05) is 4.88 Å². The summed E-state index contributed by atoms with van der Waals surface area (Å²) in [5.74, 6) is 0.562. The molecule has 2 aromatic rings. The molecular formula is C15H17ClOS. The molecule has 0 bridgehead atoms. The van der Waals surface area contributed by atoms with Crippen molar-refractivity contribution in [2.24, 2.45) is 0 Å². The second kappa shape index (κ2) is 5.87. The molecule has 1 aromatic heterocycles. The molecule has 0 aliphatic heterocycles. The molecule has 0 aliphatic carbocycles. The summed E-state index contributed by atoms with van der Waals surface area (Å²) in [6.07, 6.45) is 0.552. The molecule has 0 fully saturated rings. The average molecular weight is 281 g/mol. The Hall–Kier alpha value is -0.830. The number of aliphatic hydroxyl groups is 1. The van der Waals surface area contributed by atoms with E-state index in [4.69, 9.17) is 11.6 Å². The van der Waals surface area contributed by atoms with Crippen LogP contribution in [0.25, 0.3) is 0 Å². The molecule has 0 radical (unpaired) electrons. The Morgan fingerprint density at radius 1 is 1.11 bits per heavy atom. The van der Waals surface area contributed by atoms with Crippen LogP contribution in [0.5, 0.6) is 0 Å². The molecule has 18 heavy (non-hydrogen) atoms. The van der Waals surface area contributed by atoms with E-state index >= 15 is 0 Å². The van der Waals surface area contributed by atoms with E-state index in [-0.39, 0.29) is 0 Å². The fourth-order valence-electron chi connectivity index (χ4n) is 1.88. The van der Waals surface area contributed by atoms with Crippen LogP contribution < -0.4 is 0 Å². The van der Waals surface area contributed by atoms with Crippen LogP contribution in [0, 0.1) is 0 Å². The van der Waals surface area contributed by atoms with Gasteiger partial charge in [-0.05, 0) is 35.6 Å². The fraction of sp³-hybridized carbons (Fsp3) is 0.333. The Balaban J connectivity index is 2.19. The molecule has 2 rings (SSSR count). The largest absolute Gasteiger partial charge is 0.383 e. The van der Waals surface area contributed by atoms with Crippen molar-refractivity contribution in [1.82, 2.24) is 0 Å². The SMILES string of the molecule is CCC(C)c1ccc(C(O)c2ccc(Cl)s2)cc1. The Kier molecular flexibility index (Phi) is 4.44. The zero-order valence-corrected chi connectivity index (χ0v) is 12.1. The topological polar surface area (TPSA) is 20.2 Å². The Bertz CT molecular complexity index is 503. The summed E-state index contributed by atoms with van der Waals surface area (Å²) in [6.45, 7) is 4.39. The molecule has 0 spiro atoms. The monoisotopic (exact) mass is 280 g/mol. The maximum Gasteiger partial charge on any atom is 0.113 e. The van der Waals surface area contributed by atoms with Crippen LogP contribution >= 0.6 is 22.9 Å². The van der Waals surface area contributed by atoms with Crippen molar-refractivity contribution in [3.8, 4) is 0 Å². The highest BCUT2D eigenvalue weighted by molar-refractivity contribution is 7.16. The smallest absolute Gasteiger partial charge is 0.113 e. The van der Waals surface area contributed by atoms with Gasteiger partial charge in [-0.3, -0.25) is 0 Å². The number of hydrogen-bond donors (Lipinski definition) is 1. The lowest BCUT2D eigenvalue weighted by Crippen LogP contribution is -1.98. The summed E-state index contributed by atoms with van der Waals surface area (Å²) in [5.41, 5.74) is 2.23. The van der Waals surface area contributed by atoms with Gasteiger partial charge < -0.3 is 5.11 Å². The van der Waals surface area contributed by atoms with Crippen LogP contribution in [0.3, 0.4) is 0 Å². The first-order valence-corrected chi connectivity index (χ1v) is 7.34. The van der Waals surface area contributed by atoms with Gasteiger partial charge in [0.05, 0.1) is 4.34 Å². The van der Waals surface area contributed by atoms with Gasteiger partial charge in [0.2, 0.25) is 0 Å². The van der Waals surface area contributed by atoms with Gasteiger partial charge in [0.25, 0.3) is 0 Å². The summed E-state index contributed by atoms with van der Waals surface area (Å²) in [5, 5.41) is 10.2. The zero-order valence-electron chi connectivity index (χ0n) is 10.6. The van der Waals surface area contributed by atoms with Gasteiger partial charge in [-0.1, -0.05) is 49.7 Å². The fourth-order valence-corrected chi connectivity index (χ4v) is 2.96. The number of aliphatic hydroxyl groups excluding tert-OH is 1. The first kappa shape index (κ1) is 13.6. The number of benzene rings is 1. The van der Waals surface area contributed by atoms with Gasteiger partial charge in [-0.2, -0.15) is 0 Å². The van der Waals surface area contributed by atoms with Crippen LogP contribution in [0.1, 0.15) is 48.3 Å². The molecule has 0 saturated heterocycles. The quantitative estimate of drug-likeness (QED) is 0.836. The predicted octanol–water partition coefficient (Wildman–Crippen LogP) is 5.00. The minimum atomic E-state index is -0.575. The standard InChI is InChI=1S/C15H17ClOS/c1-3-10(2)11-4-6-12(7-5-11)15(17)13-8-9-14(16)18-13/h4-10,15,17H,3H2,1-2H3. The second-order valence-electron chi connectivity index (χ2n) is 4.52. The van der Waals surface area contributed by atoms with Gasteiger partial charge in [0.15, 0.2) is 0 Å². The highest BCUT2D eigenvalue weighted by Gasteiger charge is 2.13. The molecule has 3 heteroatoms. The summed E-state index contributed by atoms with van der Waals surface area (Å²) >= 11 is 7.31. The van der Waals surface area contributed by atoms with E-state index < -0.39 is 6.10 Å². The lowest BCUT2D eigenvalue weighted by Gasteiger charge is -2.12. The van der Waals surface area contributed by atoms with Crippen molar-refractivity contribution in [2.75, 3.05) is 0 Å². The summed E-state index contributed by atoms with van der Waals surface area (Å²) in [7, 11) is 0. The molecule has 1 aromatic carbocycles. The van der Waals surface area contributed by atoms with Gasteiger partial charge in [-0.25, -0.2) is 0 Å². The highest BCUT2D eigenvalue weighted by Crippen LogP contribution is 2.31. The molecule has 2 atom stereocenters. The molecule has 0 saturated carbocycles. The highest BCUT2D eigenvalue weighted by atomic mass is 35.5. The van der Waals surface area contributed by atoms with E-state index in [1.54, 1.807) is 0 Å². The van der Waals surface area contributed by atoms with Crippen LogP contribution in [-0.4, -0.2) is 5.11 Å². The molecule has 96 valence electrons. The van der Waals surface area contributed by atoms with Crippen LogP contribution in [0.15, 0.2) is 36.4 Å². The first-order valence-electron chi connectivity index (χ1n) is 6.15. The second-order valence-corrected chi connectivity index (χ2v) is 6.27. The van der Waals surface area contributed by atoms with Crippen LogP contribution in [0.2, 0.25) is 4.34 Å². The third kappa shape index (κ3) is 2.94. The van der Waals surface area contributed by atoms with E-state index in [0.717, 1.165) is 16.9 Å². The minimum absolute atomic E-state index is 0.562. The summed E-state index contributed by atoms with van der Waals surface area (Å²) in [4.78, 5) is 0.885. The molecule has 0 amide bonds. The number of hydrogen-bond acceptors (Lipinski definition) is 2. The van der Waals surface area contributed by atoms with Crippen molar-refractivity contribution in [3.63, 3.8) is 0 Å². The minimum Gasteiger partial charge on any atom is -0.383 e. The maximum absolute atomic E-state index is 10.2. The van der Waals surface area contributed by atoms with Crippen LogP contribution in [-0.2, 0) is 0 Å². The lowest BCUT2D eigenvalue weighted by atomic mass is 9.96. The number of rotatable bonds is 4. The molecule has 2 unspecified atom stereocenters. The van der Waals surface area contributed by atoms with Crippen molar-refractivity contribution < 1.29 is 5.11 Å². The maximum atomic E-state index is 10.2. The van der Waals surface area contributed by atoms with E-state index in [1.165, 1.54) is 16.9 Å². The van der Waals surface area contributed by atoms with Crippen LogP contribution in [0.4, 0.5) is 0 Å². The van der Waals surface area contributed by atoms with E-state index in [1.807, 2.05) is 24.3 Å². The summed E-state index contributed by atoms with van der Waals surface area (Å²) in [6, 6.07) is 11.9. The van der Waals surface area contributed by atoms with E-state index in [0.29, 0.717) is 10.3 Å². The van der Waals surface area contributed by atoms with E-state index in [2.05, 4.69) is 26.0 Å². The van der Waals surface area contributed by atoms with Crippen molar-refractivity contribution in [2.45, 2.75) is 32.3 Å². The van der Waals surface area contributed by atoms with E-state index in [9.17, 15) is 5.11 Å². The van der Waals surface area contributed by atoms with Gasteiger partial charge in [0.1, 0.15) is 6.10 Å². The van der Waals surface area contributed by atoms with Gasteiger partial charge in [-0.15, -0.1) is 11.3 Å².